The van der Waals surface area contributed by atoms with E-state index in [1.54, 1.807) is 0 Å². The molecule has 2 aliphatic carbocycles. The van der Waals surface area contributed by atoms with Crippen LogP contribution in [0.15, 0.2) is 0 Å². The Balaban J connectivity index is 1.82. The Kier molecular flexibility index (Phi) is 6.79. The summed E-state index contributed by atoms with van der Waals surface area (Å²) >= 11 is 0. The van der Waals surface area contributed by atoms with E-state index in [9.17, 15) is 5.11 Å². The van der Waals surface area contributed by atoms with E-state index >= 15 is 0 Å². The van der Waals surface area contributed by atoms with Gasteiger partial charge in [-0.25, -0.2) is 0 Å². The fraction of sp³-hybridized carbons (Fsp3) is 1.00. The van der Waals surface area contributed by atoms with Crippen molar-refractivity contribution in [1.82, 2.24) is 10.6 Å². The van der Waals surface area contributed by atoms with Crippen molar-refractivity contribution in [2.24, 2.45) is 11.8 Å². The number of hydrogen-bond donors (Lipinski definition) is 3. The number of nitrogens with one attached hydrogen (secondary N) is 2. The largest absolute Gasteiger partial charge is 0.377 e. The van der Waals surface area contributed by atoms with Crippen LogP contribution in [0.5, 0.6) is 0 Å². The molecular weight excluding hydrogens is 248 g/mol. The fourth-order valence-corrected chi connectivity index (χ4v) is 4.29. The maximum absolute atomic E-state index is 10.6. The zero-order valence-electron chi connectivity index (χ0n) is 13.4. The van der Waals surface area contributed by atoms with Crippen LogP contribution in [-0.2, 0) is 0 Å². The molecule has 0 saturated heterocycles. The average Bonchev–Trinajstić information content (AvgIpc) is 2.50. The van der Waals surface area contributed by atoms with Crippen molar-refractivity contribution < 1.29 is 5.11 Å². The number of rotatable bonds is 6. The van der Waals surface area contributed by atoms with Gasteiger partial charge in [0.05, 0.1) is 0 Å². The molecule has 0 radical (unpaired) electrons. The number of aliphatic hydroxyl groups is 1. The number of hydrogen-bond acceptors (Lipinski definition) is 3. The molecule has 2 aliphatic rings. The molecule has 118 valence electrons. The van der Waals surface area contributed by atoms with Gasteiger partial charge in [0.15, 0.2) is 0 Å². The summed E-state index contributed by atoms with van der Waals surface area (Å²) in [7, 11) is 2.00. The van der Waals surface area contributed by atoms with Gasteiger partial charge in [0.2, 0.25) is 0 Å². The third-order valence-corrected chi connectivity index (χ3v) is 5.62. The highest BCUT2D eigenvalue weighted by molar-refractivity contribution is 4.86. The van der Waals surface area contributed by atoms with Crippen LogP contribution in [0.25, 0.3) is 0 Å². The van der Waals surface area contributed by atoms with Gasteiger partial charge in [0, 0.05) is 12.1 Å². The first kappa shape index (κ1) is 16.3. The molecule has 0 spiro atoms. The lowest BCUT2D eigenvalue weighted by Crippen LogP contribution is -2.54. The second kappa shape index (κ2) is 8.35. The van der Waals surface area contributed by atoms with Gasteiger partial charge in [-0.2, -0.15) is 0 Å². The molecule has 0 amide bonds. The molecule has 0 bridgehead atoms. The van der Waals surface area contributed by atoms with Crippen LogP contribution in [-0.4, -0.2) is 30.5 Å². The summed E-state index contributed by atoms with van der Waals surface area (Å²) in [4.78, 5) is 0. The molecule has 2 saturated carbocycles. The van der Waals surface area contributed by atoms with Crippen LogP contribution in [0.4, 0.5) is 0 Å². The van der Waals surface area contributed by atoms with E-state index in [4.69, 9.17) is 0 Å². The Morgan fingerprint density at radius 3 is 1.85 bits per heavy atom. The third-order valence-electron chi connectivity index (χ3n) is 5.62. The molecule has 2 fully saturated rings. The van der Waals surface area contributed by atoms with E-state index in [0.717, 1.165) is 5.92 Å². The molecule has 3 heteroatoms. The minimum atomic E-state index is -0.403. The maximum atomic E-state index is 10.6. The summed E-state index contributed by atoms with van der Waals surface area (Å²) in [5, 5.41) is 17.4. The first-order chi connectivity index (χ1) is 9.72. The highest BCUT2D eigenvalue weighted by Gasteiger charge is 2.30. The fourth-order valence-electron chi connectivity index (χ4n) is 4.29. The summed E-state index contributed by atoms with van der Waals surface area (Å²) in [5.41, 5.74) is 0. The van der Waals surface area contributed by atoms with Gasteiger partial charge in [0.25, 0.3) is 0 Å². The van der Waals surface area contributed by atoms with Crippen LogP contribution < -0.4 is 10.6 Å². The molecule has 0 aromatic carbocycles. The Bertz CT molecular complexity index is 260. The molecule has 3 atom stereocenters. The van der Waals surface area contributed by atoms with Gasteiger partial charge in [0.1, 0.15) is 6.23 Å². The van der Waals surface area contributed by atoms with Crippen molar-refractivity contribution in [3.05, 3.63) is 0 Å². The van der Waals surface area contributed by atoms with Gasteiger partial charge in [-0.3, -0.25) is 5.32 Å². The van der Waals surface area contributed by atoms with Crippen molar-refractivity contribution in [1.29, 1.82) is 0 Å². The predicted octanol–water partition coefficient (Wildman–Crippen LogP) is 3.03. The first-order valence-corrected chi connectivity index (χ1v) is 8.83. The SMILES string of the molecule is CNC(C1CCCCC1)C(O)NC(C)C1CCCCC1. The molecule has 20 heavy (non-hydrogen) atoms. The molecule has 0 aromatic heterocycles. The molecular formula is C17H34N2O. The second-order valence-electron chi connectivity index (χ2n) is 7.01. The summed E-state index contributed by atoms with van der Waals surface area (Å²) in [6.45, 7) is 2.26. The van der Waals surface area contributed by atoms with E-state index in [1.807, 2.05) is 7.05 Å². The highest BCUT2D eigenvalue weighted by atomic mass is 16.3. The van der Waals surface area contributed by atoms with Crippen molar-refractivity contribution in [3.63, 3.8) is 0 Å². The third kappa shape index (κ3) is 4.44. The highest BCUT2D eigenvalue weighted by Crippen LogP contribution is 2.29. The molecule has 0 heterocycles. The standard InChI is InChI=1S/C17H34N2O/c1-13(14-9-5-3-6-10-14)19-17(20)16(18-2)15-11-7-4-8-12-15/h13-20H,3-12H2,1-2H3. The predicted molar refractivity (Wildman–Crippen MR) is 84.6 cm³/mol. The lowest BCUT2D eigenvalue weighted by atomic mass is 9.82. The van der Waals surface area contributed by atoms with E-state index in [-0.39, 0.29) is 6.04 Å². The van der Waals surface area contributed by atoms with Crippen molar-refractivity contribution in [3.8, 4) is 0 Å². The molecule has 3 unspecified atom stereocenters. The van der Waals surface area contributed by atoms with Gasteiger partial charge in [-0.05, 0) is 51.5 Å². The lowest BCUT2D eigenvalue weighted by Gasteiger charge is -2.37. The molecule has 3 N–H and O–H groups in total. The summed E-state index contributed by atoms with van der Waals surface area (Å²) in [6.07, 6.45) is 12.9. The zero-order valence-corrected chi connectivity index (χ0v) is 13.4. The molecule has 0 aromatic rings. The van der Waals surface area contributed by atoms with Gasteiger partial charge in [-0.15, -0.1) is 0 Å². The monoisotopic (exact) mass is 282 g/mol. The Morgan fingerprint density at radius 1 is 0.850 bits per heavy atom. The Morgan fingerprint density at radius 2 is 1.35 bits per heavy atom. The van der Waals surface area contributed by atoms with Gasteiger partial charge in [-0.1, -0.05) is 38.5 Å². The molecule has 0 aliphatic heterocycles. The first-order valence-electron chi connectivity index (χ1n) is 8.83. The zero-order chi connectivity index (χ0) is 14.4. The number of aliphatic hydroxyl groups excluding tert-OH is 1. The van der Waals surface area contributed by atoms with E-state index in [1.165, 1.54) is 64.2 Å². The summed E-state index contributed by atoms with van der Waals surface area (Å²) in [5.74, 6) is 1.39. The maximum Gasteiger partial charge on any atom is 0.120 e. The Hall–Kier alpha value is -0.120. The van der Waals surface area contributed by atoms with Crippen LogP contribution in [0.1, 0.15) is 71.1 Å². The van der Waals surface area contributed by atoms with Crippen LogP contribution >= 0.6 is 0 Å². The van der Waals surface area contributed by atoms with Crippen LogP contribution in [0.2, 0.25) is 0 Å². The second-order valence-corrected chi connectivity index (χ2v) is 7.01. The van der Waals surface area contributed by atoms with E-state index < -0.39 is 6.23 Å². The van der Waals surface area contributed by atoms with Gasteiger partial charge >= 0.3 is 0 Å². The van der Waals surface area contributed by atoms with E-state index in [2.05, 4.69) is 17.6 Å². The van der Waals surface area contributed by atoms with E-state index in [0.29, 0.717) is 12.0 Å². The van der Waals surface area contributed by atoms with Crippen LogP contribution in [0.3, 0.4) is 0 Å². The van der Waals surface area contributed by atoms with Crippen molar-refractivity contribution in [2.75, 3.05) is 7.05 Å². The van der Waals surface area contributed by atoms with Gasteiger partial charge < -0.3 is 10.4 Å². The quantitative estimate of drug-likeness (QED) is 0.656. The normalized spacial score (nSPS) is 27.1. The molecule has 3 nitrogen and oxygen atoms in total. The van der Waals surface area contributed by atoms with Crippen molar-refractivity contribution >= 4 is 0 Å². The minimum Gasteiger partial charge on any atom is -0.377 e. The Labute approximate surface area is 124 Å². The van der Waals surface area contributed by atoms with Crippen LogP contribution in [0, 0.1) is 11.8 Å². The molecule has 2 rings (SSSR count). The smallest absolute Gasteiger partial charge is 0.120 e. The lowest BCUT2D eigenvalue weighted by molar-refractivity contribution is 0.0423. The average molecular weight is 282 g/mol. The summed E-state index contributed by atoms with van der Waals surface area (Å²) < 4.78 is 0. The minimum absolute atomic E-state index is 0.210. The van der Waals surface area contributed by atoms with Crippen molar-refractivity contribution in [2.45, 2.75) is 89.4 Å². The number of likely N-dealkylation sites (N-methyl/N-ethyl adjacent to an activating group) is 1. The topological polar surface area (TPSA) is 44.3 Å². The summed E-state index contributed by atoms with van der Waals surface area (Å²) in [6, 6.07) is 0.645.